The Labute approximate surface area is 127 Å². The summed E-state index contributed by atoms with van der Waals surface area (Å²) < 4.78 is 11.1. The highest BCUT2D eigenvalue weighted by Crippen LogP contribution is 2.40. The summed E-state index contributed by atoms with van der Waals surface area (Å²) in [6, 6.07) is 0.106. The van der Waals surface area contributed by atoms with Crippen LogP contribution in [0.3, 0.4) is 0 Å². The molecule has 0 aromatic carbocycles. The molecule has 2 aliphatic rings. The Kier molecular flexibility index (Phi) is 4.08. The van der Waals surface area contributed by atoms with Gasteiger partial charge in [-0.15, -0.1) is 0 Å². The van der Waals surface area contributed by atoms with Gasteiger partial charge in [-0.05, 0) is 27.2 Å². The first-order valence-electron chi connectivity index (χ1n) is 7.64. The molecule has 5 heteroatoms. The third-order valence-electron chi connectivity index (χ3n) is 3.83. The summed E-state index contributed by atoms with van der Waals surface area (Å²) in [5, 5.41) is 0. The second kappa shape index (κ2) is 5.27. The van der Waals surface area contributed by atoms with Gasteiger partial charge < -0.3 is 14.4 Å². The van der Waals surface area contributed by atoms with Gasteiger partial charge in [0.05, 0.1) is 25.0 Å². The molecule has 0 radical (unpaired) electrons. The SMILES string of the molecule is CC(C)(C)OC(=O)C[C@@H]1C[C@H]2CO[C@H](C(C)(C)C)N2C1=O. The maximum absolute atomic E-state index is 12.6. The molecule has 5 nitrogen and oxygen atoms in total. The lowest BCUT2D eigenvalue weighted by atomic mass is 9.93. The van der Waals surface area contributed by atoms with Crippen molar-refractivity contribution in [1.82, 2.24) is 4.90 Å². The molecule has 3 atom stereocenters. The van der Waals surface area contributed by atoms with E-state index >= 15 is 0 Å². The number of amides is 1. The fourth-order valence-electron chi connectivity index (χ4n) is 3.09. The summed E-state index contributed by atoms with van der Waals surface area (Å²) >= 11 is 0. The van der Waals surface area contributed by atoms with Crippen molar-refractivity contribution in [2.24, 2.45) is 11.3 Å². The Morgan fingerprint density at radius 1 is 1.29 bits per heavy atom. The van der Waals surface area contributed by atoms with Crippen LogP contribution in [0.2, 0.25) is 0 Å². The van der Waals surface area contributed by atoms with Gasteiger partial charge >= 0.3 is 5.97 Å². The number of rotatable bonds is 2. The largest absolute Gasteiger partial charge is 0.460 e. The molecule has 120 valence electrons. The van der Waals surface area contributed by atoms with E-state index in [1.165, 1.54) is 0 Å². The summed E-state index contributed by atoms with van der Waals surface area (Å²) in [5.74, 6) is -0.530. The quantitative estimate of drug-likeness (QED) is 0.734. The minimum Gasteiger partial charge on any atom is -0.460 e. The highest BCUT2D eigenvalue weighted by molar-refractivity contribution is 5.86. The number of esters is 1. The van der Waals surface area contributed by atoms with Crippen LogP contribution < -0.4 is 0 Å². The van der Waals surface area contributed by atoms with Crippen molar-refractivity contribution in [2.75, 3.05) is 6.61 Å². The van der Waals surface area contributed by atoms with Gasteiger partial charge in [0.15, 0.2) is 0 Å². The van der Waals surface area contributed by atoms with Crippen LogP contribution in [-0.4, -0.2) is 41.3 Å². The highest BCUT2D eigenvalue weighted by Gasteiger charge is 2.51. The lowest BCUT2D eigenvalue weighted by Gasteiger charge is -2.33. The second-order valence-electron chi connectivity index (χ2n) is 8.17. The van der Waals surface area contributed by atoms with Crippen molar-refractivity contribution >= 4 is 11.9 Å². The van der Waals surface area contributed by atoms with Crippen LogP contribution in [0.4, 0.5) is 0 Å². The van der Waals surface area contributed by atoms with E-state index in [0.717, 1.165) is 0 Å². The van der Waals surface area contributed by atoms with Crippen molar-refractivity contribution in [3.63, 3.8) is 0 Å². The van der Waals surface area contributed by atoms with Gasteiger partial charge in [-0.2, -0.15) is 0 Å². The molecule has 1 amide bonds. The molecule has 0 aliphatic carbocycles. The Morgan fingerprint density at radius 2 is 1.90 bits per heavy atom. The lowest BCUT2D eigenvalue weighted by Crippen LogP contribution is -2.44. The average molecular weight is 297 g/mol. The van der Waals surface area contributed by atoms with E-state index in [0.29, 0.717) is 13.0 Å². The van der Waals surface area contributed by atoms with Crippen LogP contribution in [0, 0.1) is 11.3 Å². The smallest absolute Gasteiger partial charge is 0.307 e. The third kappa shape index (κ3) is 3.57. The number of hydrogen-bond donors (Lipinski definition) is 0. The number of carbonyl (C=O) groups is 2. The molecule has 2 saturated heterocycles. The lowest BCUT2D eigenvalue weighted by molar-refractivity contribution is -0.158. The molecule has 0 unspecified atom stereocenters. The fourth-order valence-corrected chi connectivity index (χ4v) is 3.09. The molecule has 0 bridgehead atoms. The molecule has 2 aliphatic heterocycles. The molecular weight excluding hydrogens is 270 g/mol. The van der Waals surface area contributed by atoms with Crippen molar-refractivity contribution in [3.05, 3.63) is 0 Å². The van der Waals surface area contributed by atoms with Gasteiger partial charge in [-0.3, -0.25) is 9.59 Å². The van der Waals surface area contributed by atoms with E-state index in [4.69, 9.17) is 9.47 Å². The molecule has 21 heavy (non-hydrogen) atoms. The van der Waals surface area contributed by atoms with Crippen molar-refractivity contribution in [2.45, 2.75) is 72.3 Å². The van der Waals surface area contributed by atoms with Gasteiger partial charge in [0, 0.05) is 5.41 Å². The number of nitrogens with zero attached hydrogens (tertiary/aromatic N) is 1. The molecule has 2 fully saturated rings. The van der Waals surface area contributed by atoms with E-state index in [9.17, 15) is 9.59 Å². The Bertz CT molecular complexity index is 433. The van der Waals surface area contributed by atoms with Gasteiger partial charge in [-0.1, -0.05) is 20.8 Å². The van der Waals surface area contributed by atoms with Crippen LogP contribution in [0.1, 0.15) is 54.4 Å². The highest BCUT2D eigenvalue weighted by atomic mass is 16.6. The first kappa shape index (κ1) is 16.3. The predicted molar refractivity (Wildman–Crippen MR) is 78.4 cm³/mol. The minimum absolute atomic E-state index is 0.0308. The standard InChI is InChI=1S/C16H27NO4/c1-15(2,3)14-17-11(9-20-14)7-10(13(17)19)8-12(18)21-16(4,5)6/h10-11,14H,7-9H2,1-6H3/t10-,11-,14+/m0/s1. The van der Waals surface area contributed by atoms with Crippen molar-refractivity contribution in [1.29, 1.82) is 0 Å². The molecule has 0 aromatic rings. The van der Waals surface area contributed by atoms with Crippen molar-refractivity contribution in [3.8, 4) is 0 Å². The minimum atomic E-state index is -0.508. The normalized spacial score (nSPS) is 29.7. The molecule has 2 rings (SSSR count). The number of carbonyl (C=O) groups excluding carboxylic acids is 2. The zero-order valence-corrected chi connectivity index (χ0v) is 13.9. The summed E-state index contributed by atoms with van der Waals surface area (Å²) in [6.07, 6.45) is 0.656. The van der Waals surface area contributed by atoms with E-state index in [1.807, 2.05) is 25.7 Å². The maximum atomic E-state index is 12.6. The van der Waals surface area contributed by atoms with Crippen LogP contribution in [0.5, 0.6) is 0 Å². The maximum Gasteiger partial charge on any atom is 0.307 e. The van der Waals surface area contributed by atoms with E-state index in [2.05, 4.69) is 20.8 Å². The molecular formula is C16H27NO4. The van der Waals surface area contributed by atoms with Gasteiger partial charge in [0.25, 0.3) is 0 Å². The van der Waals surface area contributed by atoms with E-state index in [-0.39, 0.29) is 41.9 Å². The topological polar surface area (TPSA) is 55.8 Å². The zero-order valence-electron chi connectivity index (χ0n) is 13.9. The zero-order chi connectivity index (χ0) is 16.0. The van der Waals surface area contributed by atoms with E-state index in [1.54, 1.807) is 0 Å². The van der Waals surface area contributed by atoms with E-state index < -0.39 is 5.60 Å². The molecule has 0 spiro atoms. The van der Waals surface area contributed by atoms with Gasteiger partial charge in [-0.25, -0.2) is 0 Å². The fraction of sp³-hybridized carbons (Fsp3) is 0.875. The van der Waals surface area contributed by atoms with Crippen LogP contribution >= 0.6 is 0 Å². The average Bonchev–Trinajstić information content (AvgIpc) is 2.77. The van der Waals surface area contributed by atoms with Crippen LogP contribution in [0.15, 0.2) is 0 Å². The summed E-state index contributed by atoms with van der Waals surface area (Å²) in [7, 11) is 0. The van der Waals surface area contributed by atoms with Gasteiger partial charge in [0.1, 0.15) is 11.8 Å². The van der Waals surface area contributed by atoms with Crippen molar-refractivity contribution < 1.29 is 19.1 Å². The Balaban J connectivity index is 2.01. The first-order chi connectivity index (χ1) is 9.49. The predicted octanol–water partition coefficient (Wildman–Crippen LogP) is 2.34. The molecule has 0 saturated carbocycles. The Hall–Kier alpha value is -1.10. The number of ether oxygens (including phenoxy) is 2. The summed E-state index contributed by atoms with van der Waals surface area (Å²) in [4.78, 5) is 26.4. The van der Waals surface area contributed by atoms with Crippen LogP contribution in [0.25, 0.3) is 0 Å². The first-order valence-corrected chi connectivity index (χ1v) is 7.64. The Morgan fingerprint density at radius 3 is 2.43 bits per heavy atom. The monoisotopic (exact) mass is 297 g/mol. The number of hydrogen-bond acceptors (Lipinski definition) is 4. The molecule has 0 N–H and O–H groups in total. The third-order valence-corrected chi connectivity index (χ3v) is 3.83. The number of fused-ring (bicyclic) bond motifs is 1. The molecule has 0 aromatic heterocycles. The van der Waals surface area contributed by atoms with Crippen LogP contribution in [-0.2, 0) is 19.1 Å². The second-order valence-corrected chi connectivity index (χ2v) is 8.17. The summed E-state index contributed by atoms with van der Waals surface area (Å²) in [5.41, 5.74) is -0.628. The summed E-state index contributed by atoms with van der Waals surface area (Å²) in [6.45, 7) is 12.3. The molecule has 2 heterocycles. The van der Waals surface area contributed by atoms with Gasteiger partial charge in [0.2, 0.25) is 5.91 Å².